The highest BCUT2D eigenvalue weighted by molar-refractivity contribution is 7.88. The lowest BCUT2D eigenvalue weighted by Gasteiger charge is -2.50. The molecule has 2 aromatic rings. The molecule has 0 saturated carbocycles. The smallest absolute Gasteiger partial charge is 0.211 e. The number of nitrogens with zero attached hydrogens (tertiary/aromatic N) is 3. The van der Waals surface area contributed by atoms with Crippen LogP contribution in [0.5, 0.6) is 5.75 Å². The van der Waals surface area contributed by atoms with Crippen LogP contribution in [0.2, 0.25) is 5.02 Å². The molecule has 1 unspecified atom stereocenters. The molecule has 0 aliphatic carbocycles. The van der Waals surface area contributed by atoms with Gasteiger partial charge in [0.25, 0.3) is 0 Å². The van der Waals surface area contributed by atoms with Gasteiger partial charge < -0.3 is 4.74 Å². The Morgan fingerprint density at radius 1 is 1.13 bits per heavy atom. The van der Waals surface area contributed by atoms with Crippen molar-refractivity contribution >= 4 is 27.3 Å². The molecular formula is C22H24ClN3O3S. The van der Waals surface area contributed by atoms with Crippen LogP contribution < -0.4 is 4.74 Å². The first-order valence-corrected chi connectivity index (χ1v) is 12.4. The van der Waals surface area contributed by atoms with E-state index in [1.165, 1.54) is 16.1 Å². The van der Waals surface area contributed by atoms with Crippen molar-refractivity contribution in [3.63, 3.8) is 0 Å². The summed E-state index contributed by atoms with van der Waals surface area (Å²) in [4.78, 5) is 0. The number of aryl methyl sites for hydroxylation is 1. The summed E-state index contributed by atoms with van der Waals surface area (Å²) in [6.07, 6.45) is 3.18. The average Bonchev–Trinajstić information content (AvgIpc) is 3.16. The van der Waals surface area contributed by atoms with E-state index in [0.29, 0.717) is 31.0 Å². The van der Waals surface area contributed by atoms with E-state index in [1.54, 1.807) is 0 Å². The largest absolute Gasteiger partial charge is 0.466 e. The zero-order valence-corrected chi connectivity index (χ0v) is 18.6. The van der Waals surface area contributed by atoms with Crippen molar-refractivity contribution in [2.45, 2.75) is 38.0 Å². The Balaban J connectivity index is 1.55. The number of hydrogen-bond donors (Lipinski definition) is 0. The average molecular weight is 446 g/mol. The molecule has 3 heterocycles. The van der Waals surface area contributed by atoms with Gasteiger partial charge in [0.15, 0.2) is 0 Å². The van der Waals surface area contributed by atoms with Crippen molar-refractivity contribution < 1.29 is 13.2 Å². The molecule has 1 fully saturated rings. The molecule has 6 nitrogen and oxygen atoms in total. The number of benzene rings is 2. The number of hydrazone groups is 1. The number of fused-ring (bicyclic) bond motifs is 4. The van der Waals surface area contributed by atoms with Crippen LogP contribution in [0, 0.1) is 6.92 Å². The quantitative estimate of drug-likeness (QED) is 0.702. The van der Waals surface area contributed by atoms with E-state index in [4.69, 9.17) is 21.4 Å². The number of rotatable bonds is 2. The van der Waals surface area contributed by atoms with E-state index in [1.807, 2.05) is 30.3 Å². The summed E-state index contributed by atoms with van der Waals surface area (Å²) in [7, 11) is -3.22. The fourth-order valence-corrected chi connectivity index (χ4v) is 5.69. The van der Waals surface area contributed by atoms with Crippen LogP contribution in [0.15, 0.2) is 47.6 Å². The predicted molar refractivity (Wildman–Crippen MR) is 117 cm³/mol. The second-order valence-electron chi connectivity index (χ2n) is 8.37. The Labute approximate surface area is 182 Å². The Morgan fingerprint density at radius 3 is 2.50 bits per heavy atom. The molecule has 1 atom stereocenters. The second kappa shape index (κ2) is 6.97. The van der Waals surface area contributed by atoms with Crippen LogP contribution >= 0.6 is 11.6 Å². The molecule has 2 aromatic carbocycles. The highest BCUT2D eigenvalue weighted by Crippen LogP contribution is 2.50. The third-order valence-corrected chi connectivity index (χ3v) is 7.86. The number of sulfonamides is 1. The third-order valence-electron chi connectivity index (χ3n) is 6.30. The second-order valence-corrected chi connectivity index (χ2v) is 10.8. The maximum absolute atomic E-state index is 12.0. The fraction of sp³-hybridized carbons (Fsp3) is 0.409. The molecule has 30 heavy (non-hydrogen) atoms. The van der Waals surface area contributed by atoms with Crippen molar-refractivity contribution in [2.24, 2.45) is 5.10 Å². The zero-order valence-electron chi connectivity index (χ0n) is 17.0. The summed E-state index contributed by atoms with van der Waals surface area (Å²) in [6.45, 7) is 2.93. The van der Waals surface area contributed by atoms with Gasteiger partial charge in [-0.3, -0.25) is 0 Å². The van der Waals surface area contributed by atoms with Crippen LogP contribution in [0.3, 0.4) is 0 Å². The molecule has 0 N–H and O–H groups in total. The molecule has 3 aliphatic heterocycles. The lowest BCUT2D eigenvalue weighted by Crippen LogP contribution is -2.59. The lowest BCUT2D eigenvalue weighted by molar-refractivity contribution is -0.143. The van der Waals surface area contributed by atoms with E-state index >= 15 is 0 Å². The first kappa shape index (κ1) is 19.8. The van der Waals surface area contributed by atoms with Gasteiger partial charge in [0, 0.05) is 42.9 Å². The monoisotopic (exact) mass is 445 g/mol. The minimum absolute atomic E-state index is 0.0733. The van der Waals surface area contributed by atoms with Gasteiger partial charge in [-0.15, -0.1) is 0 Å². The molecule has 0 amide bonds. The minimum Gasteiger partial charge on any atom is -0.466 e. The van der Waals surface area contributed by atoms with Gasteiger partial charge in [-0.1, -0.05) is 41.4 Å². The molecule has 3 aliphatic rings. The Hall–Kier alpha value is -2.09. The van der Waals surface area contributed by atoms with E-state index in [2.05, 4.69) is 24.1 Å². The SMILES string of the molecule is Cc1ccc2c(c1)C1CC(c3ccc(Cl)cc3)=NN1C1(CCN(S(C)(=O)=O)CC1)O2. The standard InChI is InChI=1S/C22H24ClN3O3S/c1-15-3-8-21-18(13-15)20-14-19(16-4-6-17(23)7-5-16)24-26(20)22(29-21)9-11-25(12-10-22)30(2,27)28/h3-8,13,20H,9-12,14H2,1-2H3. The van der Waals surface area contributed by atoms with Crippen LogP contribution in [0.25, 0.3) is 0 Å². The van der Waals surface area contributed by atoms with Crippen molar-refractivity contribution in [3.05, 3.63) is 64.2 Å². The summed E-state index contributed by atoms with van der Waals surface area (Å²) in [5.41, 5.74) is 3.73. The van der Waals surface area contributed by atoms with Gasteiger partial charge in [-0.2, -0.15) is 5.10 Å². The van der Waals surface area contributed by atoms with Crippen LogP contribution in [0.4, 0.5) is 0 Å². The van der Waals surface area contributed by atoms with Crippen molar-refractivity contribution in [1.29, 1.82) is 0 Å². The van der Waals surface area contributed by atoms with Gasteiger partial charge in [0.1, 0.15) is 5.75 Å². The molecule has 1 spiro atoms. The summed E-state index contributed by atoms with van der Waals surface area (Å²) in [6, 6.07) is 14.1. The number of piperidine rings is 1. The third kappa shape index (κ3) is 3.29. The molecule has 0 bridgehead atoms. The van der Waals surface area contributed by atoms with E-state index in [9.17, 15) is 8.42 Å². The topological polar surface area (TPSA) is 62.2 Å². The molecule has 0 aromatic heterocycles. The van der Waals surface area contributed by atoms with Crippen LogP contribution in [-0.4, -0.2) is 48.5 Å². The van der Waals surface area contributed by atoms with Crippen molar-refractivity contribution in [1.82, 2.24) is 9.31 Å². The highest BCUT2D eigenvalue weighted by Gasteiger charge is 2.52. The minimum atomic E-state index is -3.22. The van der Waals surface area contributed by atoms with E-state index in [0.717, 1.165) is 29.0 Å². The molecule has 1 saturated heterocycles. The molecule has 158 valence electrons. The molecular weight excluding hydrogens is 422 g/mol. The lowest BCUT2D eigenvalue weighted by atomic mass is 9.90. The Kier molecular flexibility index (Phi) is 4.61. The van der Waals surface area contributed by atoms with Gasteiger partial charge in [-0.25, -0.2) is 17.7 Å². The number of halogens is 1. The summed E-state index contributed by atoms with van der Waals surface area (Å²) >= 11 is 6.07. The van der Waals surface area contributed by atoms with Crippen molar-refractivity contribution in [2.75, 3.05) is 19.3 Å². The maximum Gasteiger partial charge on any atom is 0.211 e. The normalized spacial score (nSPS) is 23.0. The Bertz CT molecular complexity index is 1120. The van der Waals surface area contributed by atoms with Gasteiger partial charge in [0.05, 0.1) is 18.0 Å². The first-order chi connectivity index (χ1) is 14.2. The van der Waals surface area contributed by atoms with E-state index in [-0.39, 0.29) is 6.04 Å². The first-order valence-electron chi connectivity index (χ1n) is 10.1. The van der Waals surface area contributed by atoms with Gasteiger partial charge in [0.2, 0.25) is 15.7 Å². The summed E-state index contributed by atoms with van der Waals surface area (Å²) < 4.78 is 32.1. The molecule has 0 radical (unpaired) electrons. The van der Waals surface area contributed by atoms with Crippen molar-refractivity contribution in [3.8, 4) is 5.75 Å². The number of hydrogen-bond acceptors (Lipinski definition) is 5. The van der Waals surface area contributed by atoms with Crippen LogP contribution in [-0.2, 0) is 10.0 Å². The summed E-state index contributed by atoms with van der Waals surface area (Å²) in [5.74, 6) is 0.877. The zero-order chi connectivity index (χ0) is 21.1. The molecule has 5 rings (SSSR count). The predicted octanol–water partition coefficient (Wildman–Crippen LogP) is 3.94. The Morgan fingerprint density at radius 2 is 1.83 bits per heavy atom. The fourth-order valence-electron chi connectivity index (χ4n) is 4.72. The maximum atomic E-state index is 12.0. The van der Waals surface area contributed by atoms with Gasteiger partial charge in [-0.05, 0) is 30.7 Å². The van der Waals surface area contributed by atoms with Gasteiger partial charge >= 0.3 is 0 Å². The van der Waals surface area contributed by atoms with E-state index < -0.39 is 15.7 Å². The highest BCUT2D eigenvalue weighted by atomic mass is 35.5. The van der Waals surface area contributed by atoms with Crippen LogP contribution in [0.1, 0.15) is 42.0 Å². The number of ether oxygens (including phenoxy) is 1. The summed E-state index contributed by atoms with van der Waals surface area (Å²) in [5, 5.41) is 7.81. The molecule has 8 heteroatoms.